The summed E-state index contributed by atoms with van der Waals surface area (Å²) in [6, 6.07) is 7.12. The van der Waals surface area contributed by atoms with Gasteiger partial charge in [-0.3, -0.25) is 10.1 Å². The van der Waals surface area contributed by atoms with Crippen LogP contribution in [0, 0.1) is 0 Å². The fourth-order valence-corrected chi connectivity index (χ4v) is 2.38. The standard InChI is InChI=1S/C13H11BrN2O4S/c1-19-12(18)10-6-15-13(21-10)16-11(17)7-20-9-4-2-8(14)3-5-9/h2-6H,7H2,1H3,(H,15,16,17). The molecule has 110 valence electrons. The Morgan fingerprint density at radius 1 is 1.33 bits per heavy atom. The number of hydrogen-bond donors (Lipinski definition) is 1. The number of halogens is 1. The Labute approximate surface area is 133 Å². The van der Waals surface area contributed by atoms with E-state index in [1.54, 1.807) is 12.1 Å². The number of benzene rings is 1. The first-order valence-corrected chi connectivity index (χ1v) is 7.42. The van der Waals surface area contributed by atoms with Crippen LogP contribution in [-0.2, 0) is 9.53 Å². The molecule has 2 aromatic rings. The van der Waals surface area contributed by atoms with E-state index in [4.69, 9.17) is 4.74 Å². The third-order valence-electron chi connectivity index (χ3n) is 2.32. The average Bonchev–Trinajstić information content (AvgIpc) is 2.94. The highest BCUT2D eigenvalue weighted by Crippen LogP contribution is 2.19. The highest BCUT2D eigenvalue weighted by atomic mass is 79.9. The lowest BCUT2D eigenvalue weighted by Crippen LogP contribution is -2.19. The number of aromatic nitrogens is 1. The van der Waals surface area contributed by atoms with Gasteiger partial charge in [-0.2, -0.15) is 0 Å². The Morgan fingerprint density at radius 2 is 2.05 bits per heavy atom. The quantitative estimate of drug-likeness (QED) is 0.818. The van der Waals surface area contributed by atoms with Crippen molar-refractivity contribution in [3.8, 4) is 5.75 Å². The molecule has 1 aromatic heterocycles. The van der Waals surface area contributed by atoms with Crippen molar-refractivity contribution < 1.29 is 19.1 Å². The normalized spacial score (nSPS) is 10.0. The Balaban J connectivity index is 1.85. The topological polar surface area (TPSA) is 77.5 Å². The van der Waals surface area contributed by atoms with Crippen LogP contribution in [0.4, 0.5) is 5.13 Å². The van der Waals surface area contributed by atoms with Crippen LogP contribution in [0.25, 0.3) is 0 Å². The van der Waals surface area contributed by atoms with Crippen molar-refractivity contribution in [2.75, 3.05) is 19.0 Å². The van der Waals surface area contributed by atoms with E-state index in [1.807, 2.05) is 12.1 Å². The number of nitrogens with one attached hydrogen (secondary N) is 1. The van der Waals surface area contributed by atoms with Crippen molar-refractivity contribution in [2.45, 2.75) is 0 Å². The second-order valence-electron chi connectivity index (χ2n) is 3.81. The number of nitrogens with zero attached hydrogens (tertiary/aromatic N) is 1. The van der Waals surface area contributed by atoms with Crippen molar-refractivity contribution in [2.24, 2.45) is 0 Å². The van der Waals surface area contributed by atoms with Gasteiger partial charge in [0, 0.05) is 4.47 Å². The van der Waals surface area contributed by atoms with Crippen LogP contribution < -0.4 is 10.1 Å². The van der Waals surface area contributed by atoms with E-state index in [0.29, 0.717) is 15.8 Å². The molecule has 6 nitrogen and oxygen atoms in total. The van der Waals surface area contributed by atoms with Gasteiger partial charge in [-0.05, 0) is 24.3 Å². The molecule has 0 aliphatic carbocycles. The highest BCUT2D eigenvalue weighted by Gasteiger charge is 2.12. The van der Waals surface area contributed by atoms with Gasteiger partial charge >= 0.3 is 5.97 Å². The first kappa shape index (κ1) is 15.5. The number of methoxy groups -OCH3 is 1. The minimum atomic E-state index is -0.487. The Hall–Kier alpha value is -1.93. The number of esters is 1. The number of amides is 1. The van der Waals surface area contributed by atoms with Crippen molar-refractivity contribution in [3.63, 3.8) is 0 Å². The van der Waals surface area contributed by atoms with Crippen LogP contribution >= 0.6 is 27.3 Å². The fourth-order valence-electron chi connectivity index (χ4n) is 1.36. The van der Waals surface area contributed by atoms with Crippen LogP contribution in [0.5, 0.6) is 5.75 Å². The van der Waals surface area contributed by atoms with Crippen molar-refractivity contribution >= 4 is 44.3 Å². The van der Waals surface area contributed by atoms with Gasteiger partial charge in [0.1, 0.15) is 10.6 Å². The van der Waals surface area contributed by atoms with Gasteiger partial charge in [0.05, 0.1) is 13.3 Å². The van der Waals surface area contributed by atoms with Gasteiger partial charge in [-0.15, -0.1) is 0 Å². The lowest BCUT2D eigenvalue weighted by atomic mass is 10.3. The Morgan fingerprint density at radius 3 is 2.71 bits per heavy atom. The summed E-state index contributed by atoms with van der Waals surface area (Å²) < 4.78 is 10.8. The van der Waals surface area contributed by atoms with Crippen molar-refractivity contribution in [3.05, 3.63) is 39.8 Å². The first-order valence-electron chi connectivity index (χ1n) is 5.81. The summed E-state index contributed by atoms with van der Waals surface area (Å²) in [4.78, 5) is 27.2. The lowest BCUT2D eigenvalue weighted by Gasteiger charge is -2.05. The number of hydrogen-bond acceptors (Lipinski definition) is 6. The zero-order valence-electron chi connectivity index (χ0n) is 11.0. The van der Waals surface area contributed by atoms with E-state index in [9.17, 15) is 9.59 Å². The molecule has 0 aliphatic heterocycles. The second-order valence-corrected chi connectivity index (χ2v) is 5.76. The summed E-state index contributed by atoms with van der Waals surface area (Å²) >= 11 is 4.35. The van der Waals surface area contributed by atoms with Gasteiger partial charge < -0.3 is 9.47 Å². The maximum atomic E-state index is 11.7. The Bertz CT molecular complexity index is 642. The molecule has 21 heavy (non-hydrogen) atoms. The summed E-state index contributed by atoms with van der Waals surface area (Å²) in [7, 11) is 1.28. The van der Waals surface area contributed by atoms with E-state index in [0.717, 1.165) is 15.8 Å². The molecule has 0 spiro atoms. The van der Waals surface area contributed by atoms with Crippen molar-refractivity contribution in [1.82, 2.24) is 4.98 Å². The third-order valence-corrected chi connectivity index (χ3v) is 3.74. The number of carbonyl (C=O) groups excluding carboxylic acids is 2. The first-order chi connectivity index (χ1) is 10.1. The smallest absolute Gasteiger partial charge is 0.349 e. The number of thiazole rings is 1. The molecular weight excluding hydrogens is 360 g/mol. The Kier molecular flexibility index (Phi) is 5.29. The number of ether oxygens (including phenoxy) is 2. The molecule has 0 fully saturated rings. The van der Waals surface area contributed by atoms with E-state index in [-0.39, 0.29) is 12.5 Å². The number of anilines is 1. The molecule has 0 saturated carbocycles. The van der Waals surface area contributed by atoms with E-state index < -0.39 is 5.97 Å². The van der Waals surface area contributed by atoms with Crippen LogP contribution in [0.15, 0.2) is 34.9 Å². The summed E-state index contributed by atoms with van der Waals surface area (Å²) in [5.41, 5.74) is 0. The van der Waals surface area contributed by atoms with Crippen LogP contribution in [0.1, 0.15) is 9.67 Å². The molecule has 0 radical (unpaired) electrons. The summed E-state index contributed by atoms with van der Waals surface area (Å²) in [6.07, 6.45) is 1.35. The predicted octanol–water partition coefficient (Wildman–Crippen LogP) is 2.71. The summed E-state index contributed by atoms with van der Waals surface area (Å²) in [5.74, 6) is -0.259. The molecule has 1 amide bonds. The molecule has 0 atom stereocenters. The van der Waals surface area contributed by atoms with Gasteiger partial charge in [-0.1, -0.05) is 27.3 Å². The molecule has 1 heterocycles. The maximum absolute atomic E-state index is 11.7. The monoisotopic (exact) mass is 370 g/mol. The maximum Gasteiger partial charge on any atom is 0.349 e. The molecule has 2 rings (SSSR count). The van der Waals surface area contributed by atoms with E-state index in [1.165, 1.54) is 13.3 Å². The molecule has 1 aromatic carbocycles. The highest BCUT2D eigenvalue weighted by molar-refractivity contribution is 9.10. The summed E-state index contributed by atoms with van der Waals surface area (Å²) in [5, 5.41) is 2.87. The third kappa shape index (κ3) is 4.54. The number of carbonyl (C=O) groups is 2. The van der Waals surface area contributed by atoms with E-state index >= 15 is 0 Å². The zero-order valence-corrected chi connectivity index (χ0v) is 13.4. The largest absolute Gasteiger partial charge is 0.484 e. The molecule has 0 unspecified atom stereocenters. The van der Waals surface area contributed by atoms with Crippen LogP contribution in [-0.4, -0.2) is 30.6 Å². The SMILES string of the molecule is COC(=O)c1cnc(NC(=O)COc2ccc(Br)cc2)s1. The van der Waals surface area contributed by atoms with Gasteiger partial charge in [0.25, 0.3) is 5.91 Å². The molecule has 0 aliphatic rings. The molecule has 8 heteroatoms. The predicted molar refractivity (Wildman–Crippen MR) is 81.7 cm³/mol. The van der Waals surface area contributed by atoms with Crippen LogP contribution in [0.3, 0.4) is 0 Å². The lowest BCUT2D eigenvalue weighted by molar-refractivity contribution is -0.118. The second kappa shape index (κ2) is 7.19. The van der Waals surface area contributed by atoms with Gasteiger partial charge in [0.15, 0.2) is 11.7 Å². The number of rotatable bonds is 5. The average molecular weight is 371 g/mol. The zero-order chi connectivity index (χ0) is 15.2. The molecular formula is C13H11BrN2O4S. The minimum absolute atomic E-state index is 0.144. The van der Waals surface area contributed by atoms with Crippen LogP contribution in [0.2, 0.25) is 0 Å². The van der Waals surface area contributed by atoms with Gasteiger partial charge in [0.2, 0.25) is 0 Å². The molecule has 0 saturated heterocycles. The molecule has 0 bridgehead atoms. The summed E-state index contributed by atoms with van der Waals surface area (Å²) in [6.45, 7) is -0.144. The van der Waals surface area contributed by atoms with E-state index in [2.05, 4.69) is 31.0 Å². The van der Waals surface area contributed by atoms with Crippen molar-refractivity contribution in [1.29, 1.82) is 0 Å². The minimum Gasteiger partial charge on any atom is -0.484 e. The fraction of sp³-hybridized carbons (Fsp3) is 0.154. The van der Waals surface area contributed by atoms with Gasteiger partial charge in [-0.25, -0.2) is 9.78 Å². The molecule has 1 N–H and O–H groups in total.